The molecule has 0 saturated heterocycles. The van der Waals surface area contributed by atoms with Gasteiger partial charge >= 0.3 is 11.9 Å². The van der Waals surface area contributed by atoms with Crippen molar-refractivity contribution < 1.29 is 19.1 Å². The Hall–Kier alpha value is -4.06. The van der Waals surface area contributed by atoms with Crippen LogP contribution in [0.5, 0.6) is 11.5 Å². The van der Waals surface area contributed by atoms with E-state index in [1.807, 2.05) is 32.0 Å². The number of hydrogen-bond acceptors (Lipinski definition) is 6. The SMILES string of the molecule is CCNc1ccc(C2=c3cc4c(cc3OC2=O)=C(c2ccc(N)cc2)C(=O)O4)cc1C. The van der Waals surface area contributed by atoms with Gasteiger partial charge in [-0.2, -0.15) is 0 Å². The number of nitrogens with one attached hydrogen (secondary N) is 1. The normalized spacial score (nSPS) is 14.3. The van der Waals surface area contributed by atoms with E-state index in [4.69, 9.17) is 15.2 Å². The Morgan fingerprint density at radius 3 is 1.90 bits per heavy atom. The number of carbonyl (C=O) groups is 2. The molecule has 6 nitrogen and oxygen atoms in total. The number of aryl methyl sites for hydroxylation is 1. The molecule has 0 atom stereocenters. The van der Waals surface area contributed by atoms with Gasteiger partial charge in [0.15, 0.2) is 0 Å². The summed E-state index contributed by atoms with van der Waals surface area (Å²) in [6, 6.07) is 16.2. The smallest absolute Gasteiger partial charge is 0.344 e. The van der Waals surface area contributed by atoms with E-state index >= 15 is 0 Å². The molecular formula is C25H20N2O4. The van der Waals surface area contributed by atoms with Crippen molar-refractivity contribution in [2.75, 3.05) is 17.6 Å². The maximum Gasteiger partial charge on any atom is 0.344 e. The molecule has 3 aromatic rings. The molecule has 154 valence electrons. The molecule has 0 aliphatic carbocycles. The van der Waals surface area contributed by atoms with Crippen molar-refractivity contribution in [1.82, 2.24) is 0 Å². The van der Waals surface area contributed by atoms with Gasteiger partial charge in [-0.05, 0) is 66.9 Å². The van der Waals surface area contributed by atoms with E-state index in [0.717, 1.165) is 23.4 Å². The van der Waals surface area contributed by atoms with E-state index in [1.54, 1.807) is 36.4 Å². The Bertz CT molecular complexity index is 1390. The van der Waals surface area contributed by atoms with Crippen LogP contribution in [0.25, 0.3) is 11.1 Å². The molecule has 3 N–H and O–H groups in total. The molecular weight excluding hydrogens is 392 g/mol. The van der Waals surface area contributed by atoms with Gasteiger partial charge in [0.25, 0.3) is 0 Å². The van der Waals surface area contributed by atoms with E-state index in [2.05, 4.69) is 5.32 Å². The fourth-order valence-electron chi connectivity index (χ4n) is 4.05. The van der Waals surface area contributed by atoms with Gasteiger partial charge in [-0.25, -0.2) is 9.59 Å². The fraction of sp³-hybridized carbons (Fsp3) is 0.120. The van der Waals surface area contributed by atoms with Gasteiger partial charge in [0.05, 0.1) is 11.1 Å². The van der Waals surface area contributed by atoms with Crippen molar-refractivity contribution in [2.24, 2.45) is 0 Å². The van der Waals surface area contributed by atoms with Crippen molar-refractivity contribution in [1.29, 1.82) is 0 Å². The number of ether oxygens (including phenoxy) is 2. The Morgan fingerprint density at radius 1 is 0.806 bits per heavy atom. The summed E-state index contributed by atoms with van der Waals surface area (Å²) in [4.78, 5) is 25.3. The van der Waals surface area contributed by atoms with E-state index in [0.29, 0.717) is 44.3 Å². The highest BCUT2D eigenvalue weighted by atomic mass is 16.5. The zero-order valence-electron chi connectivity index (χ0n) is 17.1. The van der Waals surface area contributed by atoms with Crippen LogP contribution >= 0.6 is 0 Å². The fourth-order valence-corrected chi connectivity index (χ4v) is 4.05. The molecule has 0 unspecified atom stereocenters. The summed E-state index contributed by atoms with van der Waals surface area (Å²) < 4.78 is 11.1. The van der Waals surface area contributed by atoms with Gasteiger partial charge in [0, 0.05) is 28.4 Å². The monoisotopic (exact) mass is 412 g/mol. The Labute approximate surface area is 178 Å². The summed E-state index contributed by atoms with van der Waals surface area (Å²) in [5.74, 6) is -0.0393. The van der Waals surface area contributed by atoms with Crippen LogP contribution in [0.1, 0.15) is 23.6 Å². The average Bonchev–Trinajstić information content (AvgIpc) is 3.23. The minimum atomic E-state index is -0.442. The van der Waals surface area contributed by atoms with Crippen LogP contribution in [-0.4, -0.2) is 18.5 Å². The Kier molecular flexibility index (Phi) is 4.29. The van der Waals surface area contributed by atoms with Gasteiger partial charge in [-0.15, -0.1) is 0 Å². The summed E-state index contributed by atoms with van der Waals surface area (Å²) in [6.45, 7) is 4.83. The van der Waals surface area contributed by atoms with Gasteiger partial charge in [-0.3, -0.25) is 0 Å². The average molecular weight is 412 g/mol. The van der Waals surface area contributed by atoms with E-state index in [9.17, 15) is 9.59 Å². The van der Waals surface area contributed by atoms with Crippen LogP contribution in [0, 0.1) is 6.92 Å². The van der Waals surface area contributed by atoms with Gasteiger partial charge in [-0.1, -0.05) is 18.2 Å². The number of benzene rings is 3. The maximum absolute atomic E-state index is 12.7. The minimum absolute atomic E-state index is 0.410. The quantitative estimate of drug-likeness (QED) is 0.388. The first-order chi connectivity index (χ1) is 15.0. The van der Waals surface area contributed by atoms with E-state index in [1.165, 1.54) is 0 Å². The van der Waals surface area contributed by atoms with E-state index < -0.39 is 11.9 Å². The minimum Gasteiger partial charge on any atom is -0.422 e. The summed E-state index contributed by atoms with van der Waals surface area (Å²) in [7, 11) is 0. The van der Waals surface area contributed by atoms with Crippen LogP contribution in [0.4, 0.5) is 11.4 Å². The lowest BCUT2D eigenvalue weighted by atomic mass is 9.99. The van der Waals surface area contributed by atoms with Crippen molar-refractivity contribution >= 4 is 34.5 Å². The molecule has 0 bridgehead atoms. The highest BCUT2D eigenvalue weighted by Crippen LogP contribution is 2.28. The lowest BCUT2D eigenvalue weighted by Gasteiger charge is -2.09. The largest absolute Gasteiger partial charge is 0.422 e. The summed E-state index contributed by atoms with van der Waals surface area (Å²) in [6.07, 6.45) is 0. The zero-order chi connectivity index (χ0) is 21.7. The summed E-state index contributed by atoms with van der Waals surface area (Å²) in [5, 5.41) is 4.51. The Morgan fingerprint density at radius 2 is 1.35 bits per heavy atom. The number of fused-ring (bicyclic) bond motifs is 2. The molecule has 3 aromatic carbocycles. The predicted octanol–water partition coefficient (Wildman–Crippen LogP) is 2.25. The molecule has 5 rings (SSSR count). The van der Waals surface area contributed by atoms with Crippen LogP contribution in [0.3, 0.4) is 0 Å². The zero-order valence-corrected chi connectivity index (χ0v) is 17.1. The third-order valence-corrected chi connectivity index (χ3v) is 5.52. The van der Waals surface area contributed by atoms with Crippen LogP contribution < -0.4 is 31.0 Å². The molecule has 0 fully saturated rings. The van der Waals surface area contributed by atoms with Crippen molar-refractivity contribution in [2.45, 2.75) is 13.8 Å². The molecule has 2 heterocycles. The number of hydrogen-bond donors (Lipinski definition) is 2. The van der Waals surface area contributed by atoms with Crippen molar-refractivity contribution in [3.05, 3.63) is 81.7 Å². The molecule has 0 saturated carbocycles. The lowest BCUT2D eigenvalue weighted by Crippen LogP contribution is -2.11. The summed E-state index contributed by atoms with van der Waals surface area (Å²) in [5.41, 5.74) is 10.7. The number of nitrogen functional groups attached to an aromatic ring is 1. The first kappa shape index (κ1) is 18.9. The van der Waals surface area contributed by atoms with Crippen LogP contribution in [0.15, 0.2) is 54.6 Å². The second-order valence-electron chi connectivity index (χ2n) is 7.56. The Balaban J connectivity index is 1.70. The maximum atomic E-state index is 12.7. The third-order valence-electron chi connectivity index (χ3n) is 5.52. The predicted molar refractivity (Wildman–Crippen MR) is 118 cm³/mol. The van der Waals surface area contributed by atoms with Crippen LogP contribution in [-0.2, 0) is 9.59 Å². The highest BCUT2D eigenvalue weighted by molar-refractivity contribution is 6.21. The topological polar surface area (TPSA) is 90.6 Å². The molecule has 31 heavy (non-hydrogen) atoms. The van der Waals surface area contributed by atoms with Crippen LogP contribution in [0.2, 0.25) is 0 Å². The lowest BCUT2D eigenvalue weighted by molar-refractivity contribution is -0.128. The third kappa shape index (κ3) is 3.04. The highest BCUT2D eigenvalue weighted by Gasteiger charge is 2.30. The molecule has 0 radical (unpaired) electrons. The standard InChI is InChI=1S/C25H20N2O4/c1-3-27-19-9-6-15(10-13(19)2)23-18-12-20-17(11-21(18)31-25(23)29)22(24(28)30-20)14-4-7-16(26)8-5-14/h4-12,27H,3,26H2,1-2H3. The van der Waals surface area contributed by atoms with Gasteiger partial charge in [0.2, 0.25) is 0 Å². The van der Waals surface area contributed by atoms with E-state index in [-0.39, 0.29) is 0 Å². The first-order valence-electron chi connectivity index (χ1n) is 10.0. The molecule has 0 amide bonds. The van der Waals surface area contributed by atoms with Crippen molar-refractivity contribution in [3.8, 4) is 11.5 Å². The second-order valence-corrected chi connectivity index (χ2v) is 7.56. The van der Waals surface area contributed by atoms with Gasteiger partial charge in [0.1, 0.15) is 11.5 Å². The van der Waals surface area contributed by atoms with Crippen molar-refractivity contribution in [3.63, 3.8) is 0 Å². The van der Waals surface area contributed by atoms with Gasteiger partial charge < -0.3 is 20.5 Å². The molecule has 0 spiro atoms. The summed E-state index contributed by atoms with van der Waals surface area (Å²) >= 11 is 0. The molecule has 0 aromatic heterocycles. The number of esters is 2. The number of rotatable bonds is 4. The first-order valence-corrected chi connectivity index (χ1v) is 10.0. The number of anilines is 2. The number of nitrogens with two attached hydrogens (primary N) is 1. The molecule has 2 aliphatic heterocycles. The second kappa shape index (κ2) is 7.02. The number of carbonyl (C=O) groups excluding carboxylic acids is 2. The molecule has 2 aliphatic rings. The molecule has 6 heteroatoms.